The summed E-state index contributed by atoms with van der Waals surface area (Å²) >= 11 is 0. The molecule has 4 heteroatoms. The van der Waals surface area contributed by atoms with Gasteiger partial charge in [-0.3, -0.25) is 4.89 Å². The third kappa shape index (κ3) is 1.24. The van der Waals surface area contributed by atoms with Crippen LogP contribution in [0.3, 0.4) is 0 Å². The predicted molar refractivity (Wildman–Crippen MR) is 41.2 cm³/mol. The van der Waals surface area contributed by atoms with E-state index in [0.29, 0.717) is 12.3 Å². The predicted octanol–water partition coefficient (Wildman–Crippen LogP) is 1.67. The molecule has 2 rings (SSSR count). The molecule has 0 radical (unpaired) electrons. The zero-order valence-corrected chi connectivity index (χ0v) is 6.95. The molecule has 1 spiro atoms. The molecule has 66 valence electrons. The fourth-order valence-corrected chi connectivity index (χ4v) is 1.98. The lowest BCUT2D eigenvalue weighted by atomic mass is 9.83. The Morgan fingerprint density at radius 3 is 2.58 bits per heavy atom. The summed E-state index contributed by atoms with van der Waals surface area (Å²) in [6.45, 7) is 0. The summed E-state index contributed by atoms with van der Waals surface area (Å²) in [4.78, 5) is 13.0. The van der Waals surface area contributed by atoms with Crippen LogP contribution in [0.1, 0.15) is 38.5 Å². The van der Waals surface area contributed by atoms with E-state index < -0.39 is 0 Å². The summed E-state index contributed by atoms with van der Waals surface area (Å²) in [6.07, 6.45) is 6.31. The summed E-state index contributed by atoms with van der Waals surface area (Å²) < 4.78 is 0. The van der Waals surface area contributed by atoms with E-state index in [9.17, 15) is 0 Å². The molecule has 1 saturated heterocycles. The maximum atomic E-state index is 8.46. The Morgan fingerprint density at radius 2 is 2.00 bits per heavy atom. The SMILES string of the molecule is [N-]=[N+]=C1CC2(CCCCC2)OO1. The molecule has 0 amide bonds. The molecule has 1 aliphatic heterocycles. The van der Waals surface area contributed by atoms with E-state index >= 15 is 0 Å². The minimum absolute atomic E-state index is 0.167. The molecular formula is C8H12N2O2. The van der Waals surface area contributed by atoms with Gasteiger partial charge in [-0.1, -0.05) is 19.3 Å². The lowest BCUT2D eigenvalue weighted by Gasteiger charge is -2.27. The largest absolute Gasteiger partial charge is 0.483 e. The van der Waals surface area contributed by atoms with Crippen LogP contribution in [0.25, 0.3) is 5.53 Å². The quantitative estimate of drug-likeness (QED) is 0.314. The Kier molecular flexibility index (Phi) is 1.87. The maximum Gasteiger partial charge on any atom is 0.483 e. The summed E-state index contributed by atoms with van der Waals surface area (Å²) in [5.41, 5.74) is 8.30. The van der Waals surface area contributed by atoms with Crippen LogP contribution >= 0.6 is 0 Å². The second kappa shape index (κ2) is 2.88. The summed E-state index contributed by atoms with van der Waals surface area (Å²) in [5, 5.41) is 0. The van der Waals surface area contributed by atoms with Crippen molar-refractivity contribution in [3.05, 3.63) is 5.53 Å². The first-order valence-corrected chi connectivity index (χ1v) is 4.41. The first-order valence-electron chi connectivity index (χ1n) is 4.41. The Labute approximate surface area is 71.0 Å². The highest BCUT2D eigenvalue weighted by Gasteiger charge is 2.46. The van der Waals surface area contributed by atoms with Crippen molar-refractivity contribution in [2.24, 2.45) is 0 Å². The second-order valence-corrected chi connectivity index (χ2v) is 3.58. The van der Waals surface area contributed by atoms with Gasteiger partial charge in [0.05, 0.1) is 0 Å². The first-order chi connectivity index (χ1) is 5.85. The fraction of sp³-hybridized carbons (Fsp3) is 0.875. The van der Waals surface area contributed by atoms with Crippen molar-refractivity contribution in [1.29, 1.82) is 0 Å². The van der Waals surface area contributed by atoms with Gasteiger partial charge in [0.2, 0.25) is 0 Å². The van der Waals surface area contributed by atoms with Gasteiger partial charge in [-0.05, 0) is 12.8 Å². The minimum Gasteiger partial charge on any atom is -0.357 e. The van der Waals surface area contributed by atoms with Crippen molar-refractivity contribution in [3.63, 3.8) is 0 Å². The van der Waals surface area contributed by atoms with Crippen LogP contribution in [0.15, 0.2) is 0 Å². The molecule has 1 heterocycles. The van der Waals surface area contributed by atoms with Crippen molar-refractivity contribution in [3.8, 4) is 0 Å². The molecule has 12 heavy (non-hydrogen) atoms. The normalized spacial score (nSPS) is 26.8. The lowest BCUT2D eigenvalue weighted by molar-refractivity contribution is -0.291. The van der Waals surface area contributed by atoms with Gasteiger partial charge >= 0.3 is 5.90 Å². The second-order valence-electron chi connectivity index (χ2n) is 3.58. The average Bonchev–Trinajstić information content (AvgIpc) is 2.50. The van der Waals surface area contributed by atoms with Crippen LogP contribution in [0.4, 0.5) is 0 Å². The van der Waals surface area contributed by atoms with E-state index in [0.717, 1.165) is 12.8 Å². The van der Waals surface area contributed by atoms with Crippen LogP contribution in [0, 0.1) is 0 Å². The molecule has 4 nitrogen and oxygen atoms in total. The Balaban J connectivity index is 2.08. The molecule has 1 aliphatic carbocycles. The van der Waals surface area contributed by atoms with Crippen LogP contribution in [-0.2, 0) is 9.78 Å². The van der Waals surface area contributed by atoms with Crippen LogP contribution in [0.2, 0.25) is 0 Å². The fourth-order valence-electron chi connectivity index (χ4n) is 1.98. The monoisotopic (exact) mass is 168 g/mol. The van der Waals surface area contributed by atoms with Gasteiger partial charge in [0, 0.05) is 0 Å². The molecular weight excluding hydrogens is 156 g/mol. The maximum absolute atomic E-state index is 8.46. The molecule has 0 aromatic rings. The summed E-state index contributed by atoms with van der Waals surface area (Å²) in [7, 11) is 0. The van der Waals surface area contributed by atoms with Gasteiger partial charge < -0.3 is 5.53 Å². The number of rotatable bonds is 0. The van der Waals surface area contributed by atoms with E-state index in [1.54, 1.807) is 0 Å². The minimum atomic E-state index is -0.167. The molecule has 0 unspecified atom stereocenters. The Hall–Kier alpha value is -0.860. The van der Waals surface area contributed by atoms with Gasteiger partial charge in [0.15, 0.2) is 0 Å². The number of nitrogens with zero attached hydrogens (tertiary/aromatic N) is 2. The molecule has 0 N–H and O–H groups in total. The lowest BCUT2D eigenvalue weighted by Crippen LogP contribution is -2.30. The van der Waals surface area contributed by atoms with E-state index in [-0.39, 0.29) is 5.60 Å². The number of hydrogen-bond donors (Lipinski definition) is 0. The van der Waals surface area contributed by atoms with Crippen molar-refractivity contribution in [2.45, 2.75) is 44.1 Å². The van der Waals surface area contributed by atoms with Gasteiger partial charge in [-0.15, -0.1) is 4.79 Å². The highest BCUT2D eigenvalue weighted by molar-refractivity contribution is 5.72. The van der Waals surface area contributed by atoms with Crippen molar-refractivity contribution in [1.82, 2.24) is 0 Å². The van der Waals surface area contributed by atoms with E-state index in [2.05, 4.69) is 4.79 Å². The molecule has 0 aromatic heterocycles. The standard InChI is InChI=1S/C8H12N2O2/c9-10-7-6-8(12-11-7)4-2-1-3-5-8/h1-6H2. The zero-order valence-electron chi connectivity index (χ0n) is 6.95. The Morgan fingerprint density at radius 1 is 1.25 bits per heavy atom. The molecule has 0 aromatic carbocycles. The average molecular weight is 168 g/mol. The van der Waals surface area contributed by atoms with E-state index in [4.69, 9.17) is 15.3 Å². The van der Waals surface area contributed by atoms with Crippen LogP contribution in [0.5, 0.6) is 0 Å². The van der Waals surface area contributed by atoms with Crippen molar-refractivity contribution in [2.75, 3.05) is 0 Å². The van der Waals surface area contributed by atoms with Gasteiger partial charge in [-0.25, -0.2) is 0 Å². The van der Waals surface area contributed by atoms with Gasteiger partial charge in [0.1, 0.15) is 12.0 Å². The summed E-state index contributed by atoms with van der Waals surface area (Å²) in [5.74, 6) is 0.317. The number of hydrogen-bond acceptors (Lipinski definition) is 2. The topological polar surface area (TPSA) is 54.9 Å². The smallest absolute Gasteiger partial charge is 0.357 e. The van der Waals surface area contributed by atoms with Crippen molar-refractivity contribution >= 4 is 5.90 Å². The van der Waals surface area contributed by atoms with E-state index in [1.807, 2.05) is 0 Å². The van der Waals surface area contributed by atoms with Crippen molar-refractivity contribution < 1.29 is 14.6 Å². The van der Waals surface area contributed by atoms with E-state index in [1.165, 1.54) is 19.3 Å². The molecule has 1 saturated carbocycles. The van der Waals surface area contributed by atoms with Crippen LogP contribution < -0.4 is 0 Å². The summed E-state index contributed by atoms with van der Waals surface area (Å²) in [6, 6.07) is 0. The van der Waals surface area contributed by atoms with Gasteiger partial charge in [-0.2, -0.15) is 4.89 Å². The third-order valence-corrected chi connectivity index (χ3v) is 2.66. The van der Waals surface area contributed by atoms with Gasteiger partial charge in [0.25, 0.3) is 0 Å². The molecule has 0 atom stereocenters. The Bertz CT molecular complexity index is 227. The molecule has 2 fully saturated rings. The molecule has 2 aliphatic rings. The third-order valence-electron chi connectivity index (χ3n) is 2.66. The first kappa shape index (κ1) is 7.77. The zero-order chi connectivity index (χ0) is 8.44. The van der Waals surface area contributed by atoms with Crippen LogP contribution in [-0.4, -0.2) is 16.3 Å². The highest BCUT2D eigenvalue weighted by atomic mass is 17.2. The molecule has 0 bridgehead atoms. The highest BCUT2D eigenvalue weighted by Crippen LogP contribution is 2.38.